The smallest absolute Gasteiger partial charge is 0.221 e. The van der Waals surface area contributed by atoms with Gasteiger partial charge in [-0.2, -0.15) is 0 Å². The molecule has 1 aromatic rings. The monoisotopic (exact) mass is 190 g/mol. The molecular weight excluding hydrogens is 176 g/mol. The Kier molecular flexibility index (Phi) is 3.73. The fourth-order valence-electron chi connectivity index (χ4n) is 1.07. The third-order valence-corrected chi connectivity index (χ3v) is 1.60. The number of rotatable bonds is 3. The minimum absolute atomic E-state index is 0.0619. The first kappa shape index (κ1) is 10.3. The number of nitrogens with one attached hydrogen (secondary N) is 2. The van der Waals surface area contributed by atoms with Gasteiger partial charge in [-0.25, -0.2) is 0 Å². The predicted octanol–water partition coefficient (Wildman–Crippen LogP) is 2.59. The number of hydrogen-bond donors (Lipinski definition) is 2. The zero-order valence-corrected chi connectivity index (χ0v) is 8.37. The van der Waals surface area contributed by atoms with Crippen LogP contribution in [0.15, 0.2) is 36.5 Å². The largest absolute Gasteiger partial charge is 0.362 e. The molecule has 3 nitrogen and oxygen atoms in total. The molecule has 3 heteroatoms. The lowest BCUT2D eigenvalue weighted by atomic mass is 10.3. The maximum atomic E-state index is 10.8. The summed E-state index contributed by atoms with van der Waals surface area (Å²) < 4.78 is 0. The van der Waals surface area contributed by atoms with Gasteiger partial charge in [0.1, 0.15) is 0 Å². The molecule has 0 aliphatic carbocycles. The lowest BCUT2D eigenvalue weighted by molar-refractivity contribution is -0.114. The minimum Gasteiger partial charge on any atom is -0.362 e. The molecule has 1 aromatic carbocycles. The van der Waals surface area contributed by atoms with Crippen LogP contribution in [0, 0.1) is 0 Å². The van der Waals surface area contributed by atoms with Gasteiger partial charge in [-0.1, -0.05) is 12.1 Å². The molecule has 14 heavy (non-hydrogen) atoms. The number of hydrogen-bond acceptors (Lipinski definition) is 2. The number of allylic oxidation sites excluding steroid dienone is 1. The number of anilines is 2. The van der Waals surface area contributed by atoms with Crippen LogP contribution in [0.3, 0.4) is 0 Å². The highest BCUT2D eigenvalue weighted by atomic mass is 16.1. The van der Waals surface area contributed by atoms with E-state index in [2.05, 4.69) is 10.6 Å². The molecule has 0 bridgehead atoms. The van der Waals surface area contributed by atoms with Crippen molar-refractivity contribution in [1.82, 2.24) is 0 Å². The van der Waals surface area contributed by atoms with E-state index in [1.54, 1.807) is 0 Å². The van der Waals surface area contributed by atoms with Crippen LogP contribution >= 0.6 is 0 Å². The highest BCUT2D eigenvalue weighted by Crippen LogP contribution is 2.14. The van der Waals surface area contributed by atoms with Crippen molar-refractivity contribution in [3.05, 3.63) is 36.5 Å². The van der Waals surface area contributed by atoms with E-state index >= 15 is 0 Å². The van der Waals surface area contributed by atoms with E-state index in [9.17, 15) is 4.79 Å². The molecule has 0 heterocycles. The van der Waals surface area contributed by atoms with E-state index in [0.29, 0.717) is 0 Å². The second kappa shape index (κ2) is 5.07. The van der Waals surface area contributed by atoms with Crippen LogP contribution < -0.4 is 10.6 Å². The Morgan fingerprint density at radius 1 is 1.36 bits per heavy atom. The first-order valence-corrected chi connectivity index (χ1v) is 4.47. The first-order chi connectivity index (χ1) is 6.72. The van der Waals surface area contributed by atoms with Gasteiger partial charge < -0.3 is 10.6 Å². The summed E-state index contributed by atoms with van der Waals surface area (Å²) >= 11 is 0. The number of benzene rings is 1. The molecule has 1 rings (SSSR count). The molecule has 1 amide bonds. The molecule has 0 unspecified atom stereocenters. The molecule has 0 saturated carbocycles. The Morgan fingerprint density at radius 3 is 2.71 bits per heavy atom. The first-order valence-electron chi connectivity index (χ1n) is 4.47. The lowest BCUT2D eigenvalue weighted by Crippen LogP contribution is -2.05. The van der Waals surface area contributed by atoms with Crippen molar-refractivity contribution in [3.63, 3.8) is 0 Å². The highest BCUT2D eigenvalue weighted by Gasteiger charge is 1.95. The van der Waals surface area contributed by atoms with Crippen LogP contribution in [0.25, 0.3) is 0 Å². The molecule has 0 aromatic heterocycles. The van der Waals surface area contributed by atoms with Gasteiger partial charge in [0.25, 0.3) is 0 Å². The quantitative estimate of drug-likeness (QED) is 0.769. The van der Waals surface area contributed by atoms with Crippen molar-refractivity contribution >= 4 is 17.3 Å². The van der Waals surface area contributed by atoms with Crippen LogP contribution in [0.2, 0.25) is 0 Å². The van der Waals surface area contributed by atoms with Crippen LogP contribution in [-0.4, -0.2) is 5.91 Å². The standard InChI is InChI=1S/C11H14N2O/c1-3-7-12-10-5-4-6-11(8-10)13-9(2)14/h3-8,12H,1-2H3,(H,13,14)/b7-3-. The molecule has 0 spiro atoms. The normalized spacial score (nSPS) is 10.1. The number of carbonyl (C=O) groups is 1. The van der Waals surface area contributed by atoms with Crippen molar-refractivity contribution in [2.24, 2.45) is 0 Å². The average molecular weight is 190 g/mol. The van der Waals surface area contributed by atoms with E-state index in [1.165, 1.54) is 6.92 Å². The van der Waals surface area contributed by atoms with Crippen LogP contribution in [0.4, 0.5) is 11.4 Å². The summed E-state index contributed by atoms with van der Waals surface area (Å²) in [5, 5.41) is 5.79. The second-order valence-corrected chi connectivity index (χ2v) is 2.91. The van der Waals surface area contributed by atoms with Crippen molar-refractivity contribution in [2.45, 2.75) is 13.8 Å². The Hall–Kier alpha value is -1.77. The molecule has 2 N–H and O–H groups in total. The molecule has 0 radical (unpaired) electrons. The van der Waals surface area contributed by atoms with E-state index in [4.69, 9.17) is 0 Å². The van der Waals surface area contributed by atoms with Gasteiger partial charge >= 0.3 is 0 Å². The van der Waals surface area contributed by atoms with Gasteiger partial charge in [0.2, 0.25) is 5.91 Å². The second-order valence-electron chi connectivity index (χ2n) is 2.91. The van der Waals surface area contributed by atoms with Crippen molar-refractivity contribution in [2.75, 3.05) is 10.6 Å². The maximum absolute atomic E-state index is 10.8. The summed E-state index contributed by atoms with van der Waals surface area (Å²) in [7, 11) is 0. The van der Waals surface area contributed by atoms with E-state index in [-0.39, 0.29) is 5.91 Å². The molecule has 0 aliphatic heterocycles. The Bertz CT molecular complexity index is 345. The van der Waals surface area contributed by atoms with Crippen LogP contribution in [-0.2, 0) is 4.79 Å². The summed E-state index contributed by atoms with van der Waals surface area (Å²) in [5.41, 5.74) is 1.75. The van der Waals surface area contributed by atoms with Gasteiger partial charge in [-0.05, 0) is 31.3 Å². The summed E-state index contributed by atoms with van der Waals surface area (Å²) in [6.45, 7) is 3.43. The third kappa shape index (κ3) is 3.31. The predicted molar refractivity (Wildman–Crippen MR) is 59.2 cm³/mol. The topological polar surface area (TPSA) is 41.1 Å². The van der Waals surface area contributed by atoms with Crippen molar-refractivity contribution < 1.29 is 4.79 Å². The SMILES string of the molecule is C/C=C\Nc1cccc(NC(C)=O)c1. The summed E-state index contributed by atoms with van der Waals surface area (Å²) in [5.74, 6) is -0.0619. The Morgan fingerprint density at radius 2 is 2.07 bits per heavy atom. The fraction of sp³-hybridized carbons (Fsp3) is 0.182. The van der Waals surface area contributed by atoms with E-state index in [0.717, 1.165) is 11.4 Å². The van der Waals surface area contributed by atoms with Gasteiger partial charge in [0.15, 0.2) is 0 Å². The minimum atomic E-state index is -0.0619. The molecule has 0 atom stereocenters. The van der Waals surface area contributed by atoms with Gasteiger partial charge in [0.05, 0.1) is 0 Å². The van der Waals surface area contributed by atoms with Gasteiger partial charge in [-0.3, -0.25) is 4.79 Å². The van der Waals surface area contributed by atoms with E-state index in [1.807, 2.05) is 43.5 Å². The average Bonchev–Trinajstić information content (AvgIpc) is 2.14. The molecule has 0 saturated heterocycles. The molecule has 0 aliphatic rings. The third-order valence-electron chi connectivity index (χ3n) is 1.60. The summed E-state index contributed by atoms with van der Waals surface area (Å²) in [6.07, 6.45) is 3.75. The summed E-state index contributed by atoms with van der Waals surface area (Å²) in [4.78, 5) is 10.8. The van der Waals surface area contributed by atoms with Gasteiger partial charge in [-0.15, -0.1) is 0 Å². The zero-order valence-electron chi connectivity index (χ0n) is 8.37. The van der Waals surface area contributed by atoms with Crippen molar-refractivity contribution in [1.29, 1.82) is 0 Å². The number of carbonyl (C=O) groups excluding carboxylic acids is 1. The zero-order chi connectivity index (χ0) is 10.4. The molecular formula is C11H14N2O. The highest BCUT2D eigenvalue weighted by molar-refractivity contribution is 5.89. The van der Waals surface area contributed by atoms with Crippen LogP contribution in [0.1, 0.15) is 13.8 Å². The number of amides is 1. The summed E-state index contributed by atoms with van der Waals surface area (Å²) in [6, 6.07) is 7.55. The maximum Gasteiger partial charge on any atom is 0.221 e. The van der Waals surface area contributed by atoms with Gasteiger partial charge in [0, 0.05) is 18.3 Å². The van der Waals surface area contributed by atoms with Crippen molar-refractivity contribution in [3.8, 4) is 0 Å². The Balaban J connectivity index is 2.73. The van der Waals surface area contributed by atoms with E-state index < -0.39 is 0 Å². The molecule has 74 valence electrons. The molecule has 0 fully saturated rings. The van der Waals surface area contributed by atoms with Crippen LogP contribution in [0.5, 0.6) is 0 Å². The fourth-order valence-corrected chi connectivity index (χ4v) is 1.07. The Labute approximate surface area is 83.8 Å². The lowest BCUT2D eigenvalue weighted by Gasteiger charge is -2.04.